The second-order valence-corrected chi connectivity index (χ2v) is 5.90. The molecule has 29 heavy (non-hydrogen) atoms. The lowest BCUT2D eigenvalue weighted by Gasteiger charge is -2.09. The largest absolute Gasteiger partial charge is 0.494 e. The van der Waals surface area contributed by atoms with Crippen molar-refractivity contribution in [1.82, 2.24) is 5.32 Å². The van der Waals surface area contributed by atoms with Gasteiger partial charge in [-0.3, -0.25) is 0 Å². The highest BCUT2D eigenvalue weighted by atomic mass is 16.5. The maximum Gasteiger partial charge on any atom is 0.414 e. The number of carbonyl (C=O) groups is 2. The minimum atomic E-state index is -1.82. The Kier molecular flexibility index (Phi) is 12.0. The molecule has 7 nitrogen and oxygen atoms in total. The number of unbranched alkanes of at least 4 members (excludes halogenated alkanes) is 1. The van der Waals surface area contributed by atoms with Crippen molar-refractivity contribution in [3.63, 3.8) is 0 Å². The monoisotopic (exact) mass is 401 g/mol. The van der Waals surface area contributed by atoms with Crippen molar-refractivity contribution < 1.29 is 29.3 Å². The molecule has 0 heterocycles. The fourth-order valence-corrected chi connectivity index (χ4v) is 2.12. The van der Waals surface area contributed by atoms with Crippen LogP contribution in [0.5, 0.6) is 11.5 Å². The topological polar surface area (TPSA) is 105 Å². The maximum absolute atomic E-state index is 9.10. The zero-order valence-corrected chi connectivity index (χ0v) is 16.3. The molecule has 0 saturated carbocycles. The molecule has 0 amide bonds. The van der Waals surface area contributed by atoms with Gasteiger partial charge in [-0.15, -0.1) is 6.58 Å². The normalized spacial score (nSPS) is 9.66. The first-order valence-corrected chi connectivity index (χ1v) is 9.20. The summed E-state index contributed by atoms with van der Waals surface area (Å²) < 4.78 is 11.5. The average molecular weight is 401 g/mol. The van der Waals surface area contributed by atoms with Crippen LogP contribution >= 0.6 is 0 Å². The lowest BCUT2D eigenvalue weighted by Crippen LogP contribution is -2.15. The molecule has 3 N–H and O–H groups in total. The lowest BCUT2D eigenvalue weighted by atomic mass is 10.2. The van der Waals surface area contributed by atoms with Crippen molar-refractivity contribution >= 4 is 11.9 Å². The molecule has 0 spiro atoms. The molecule has 2 rings (SSSR count). The average Bonchev–Trinajstić information content (AvgIpc) is 2.73. The molecule has 156 valence electrons. The van der Waals surface area contributed by atoms with Crippen LogP contribution in [0.3, 0.4) is 0 Å². The van der Waals surface area contributed by atoms with Crippen molar-refractivity contribution in [1.29, 1.82) is 0 Å². The van der Waals surface area contributed by atoms with E-state index < -0.39 is 11.9 Å². The van der Waals surface area contributed by atoms with Gasteiger partial charge in [-0.2, -0.15) is 0 Å². The van der Waals surface area contributed by atoms with E-state index in [0.717, 1.165) is 49.6 Å². The van der Waals surface area contributed by atoms with Crippen LogP contribution in [-0.2, 0) is 16.2 Å². The van der Waals surface area contributed by atoms with Crippen LogP contribution in [0.1, 0.15) is 18.4 Å². The lowest BCUT2D eigenvalue weighted by molar-refractivity contribution is -0.159. The van der Waals surface area contributed by atoms with Crippen molar-refractivity contribution in [2.45, 2.75) is 19.4 Å². The third kappa shape index (κ3) is 11.9. The number of carboxylic acids is 2. The van der Waals surface area contributed by atoms with Gasteiger partial charge in [0, 0.05) is 6.54 Å². The van der Waals surface area contributed by atoms with Gasteiger partial charge in [-0.25, -0.2) is 9.59 Å². The summed E-state index contributed by atoms with van der Waals surface area (Å²) in [6, 6.07) is 18.0. The van der Waals surface area contributed by atoms with Gasteiger partial charge < -0.3 is 25.0 Å². The Balaban J connectivity index is 0.000000612. The summed E-state index contributed by atoms with van der Waals surface area (Å²) >= 11 is 0. The summed E-state index contributed by atoms with van der Waals surface area (Å²) in [4.78, 5) is 18.2. The van der Waals surface area contributed by atoms with Gasteiger partial charge in [0.1, 0.15) is 18.1 Å². The van der Waals surface area contributed by atoms with Crippen molar-refractivity contribution in [3.05, 3.63) is 72.8 Å². The van der Waals surface area contributed by atoms with E-state index >= 15 is 0 Å². The van der Waals surface area contributed by atoms with E-state index in [1.54, 1.807) is 0 Å². The van der Waals surface area contributed by atoms with Crippen LogP contribution in [0, 0.1) is 0 Å². The highest BCUT2D eigenvalue weighted by Crippen LogP contribution is 2.18. The number of hydrogen-bond acceptors (Lipinski definition) is 5. The molecular formula is C22H27NO6. The summed E-state index contributed by atoms with van der Waals surface area (Å²) in [5, 5.41) is 18.1. The molecule has 0 aromatic heterocycles. The zero-order valence-electron chi connectivity index (χ0n) is 16.3. The van der Waals surface area contributed by atoms with Gasteiger partial charge in [0.05, 0.1) is 6.61 Å². The van der Waals surface area contributed by atoms with E-state index in [2.05, 4.69) is 24.0 Å². The Morgan fingerprint density at radius 2 is 1.48 bits per heavy atom. The van der Waals surface area contributed by atoms with E-state index in [9.17, 15) is 0 Å². The fourth-order valence-electron chi connectivity index (χ4n) is 2.12. The van der Waals surface area contributed by atoms with Crippen molar-refractivity contribution in [3.8, 4) is 11.5 Å². The van der Waals surface area contributed by atoms with Crippen LogP contribution in [-0.4, -0.2) is 41.8 Å². The molecule has 0 radical (unpaired) electrons. The first-order valence-electron chi connectivity index (χ1n) is 9.20. The molecule has 0 fully saturated rings. The quantitative estimate of drug-likeness (QED) is 0.301. The minimum Gasteiger partial charge on any atom is -0.494 e. The number of nitrogens with one attached hydrogen (secondary N) is 1. The Bertz CT molecular complexity index is 719. The molecule has 2 aromatic rings. The van der Waals surface area contributed by atoms with E-state index in [1.807, 2.05) is 48.5 Å². The molecule has 0 unspecified atom stereocenters. The minimum absolute atomic E-state index is 0.582. The van der Waals surface area contributed by atoms with E-state index in [4.69, 9.17) is 29.3 Å². The standard InChI is InChI=1S/C20H25NO2.C2H2O4/c1-2-14-21-15-6-7-16-22-19-10-12-20(13-11-19)23-17-18-8-4-3-5-9-18;3-1(4)2(5)6/h2-5,8-13,21H,1,6-7,14-17H2;(H,3,4)(H,5,6). The van der Waals surface area contributed by atoms with E-state index in [0.29, 0.717) is 6.61 Å². The smallest absolute Gasteiger partial charge is 0.414 e. The Morgan fingerprint density at radius 3 is 2.03 bits per heavy atom. The third-order valence-corrected chi connectivity index (χ3v) is 3.56. The molecule has 0 aliphatic rings. The highest BCUT2D eigenvalue weighted by Gasteiger charge is 2.04. The number of benzene rings is 2. The maximum atomic E-state index is 9.10. The Labute approximate surface area is 170 Å². The van der Waals surface area contributed by atoms with Gasteiger partial charge in [0.2, 0.25) is 0 Å². The van der Waals surface area contributed by atoms with Crippen molar-refractivity contribution in [2.75, 3.05) is 19.7 Å². The van der Waals surface area contributed by atoms with Crippen LogP contribution in [0.4, 0.5) is 0 Å². The summed E-state index contributed by atoms with van der Waals surface area (Å²) in [6.07, 6.45) is 4.01. The van der Waals surface area contributed by atoms with Crippen LogP contribution in [0.2, 0.25) is 0 Å². The summed E-state index contributed by atoms with van der Waals surface area (Å²) in [5.74, 6) is -1.91. The molecule has 2 aromatic carbocycles. The number of carboxylic acid groups (broad SMARTS) is 2. The number of aliphatic carboxylic acids is 2. The number of rotatable bonds is 11. The second kappa shape index (κ2) is 14.7. The van der Waals surface area contributed by atoms with E-state index in [1.165, 1.54) is 0 Å². The second-order valence-electron chi connectivity index (χ2n) is 5.90. The third-order valence-electron chi connectivity index (χ3n) is 3.56. The SMILES string of the molecule is C=CCNCCCCOc1ccc(OCc2ccccc2)cc1.O=C(O)C(=O)O. The fraction of sp³-hybridized carbons (Fsp3) is 0.273. The Hall–Kier alpha value is -3.32. The van der Waals surface area contributed by atoms with Gasteiger partial charge in [0.15, 0.2) is 0 Å². The predicted octanol–water partition coefficient (Wildman–Crippen LogP) is 3.36. The summed E-state index contributed by atoms with van der Waals surface area (Å²) in [6.45, 7) is 6.86. The van der Waals surface area contributed by atoms with Crippen molar-refractivity contribution in [2.24, 2.45) is 0 Å². The number of hydrogen-bond donors (Lipinski definition) is 3. The van der Waals surface area contributed by atoms with Gasteiger partial charge in [-0.05, 0) is 49.2 Å². The molecule has 0 aliphatic carbocycles. The molecule has 7 heteroatoms. The first kappa shape index (κ1) is 23.7. The molecule has 0 atom stereocenters. The van der Waals surface area contributed by atoms with E-state index in [-0.39, 0.29) is 0 Å². The van der Waals surface area contributed by atoms with Gasteiger partial charge in [-0.1, -0.05) is 36.4 Å². The number of ether oxygens (including phenoxy) is 2. The molecule has 0 aliphatic heterocycles. The van der Waals surface area contributed by atoms with Crippen LogP contribution < -0.4 is 14.8 Å². The Morgan fingerprint density at radius 1 is 0.897 bits per heavy atom. The predicted molar refractivity (Wildman–Crippen MR) is 110 cm³/mol. The molecule has 0 bridgehead atoms. The zero-order chi connectivity index (χ0) is 21.3. The highest BCUT2D eigenvalue weighted by molar-refractivity contribution is 6.27. The summed E-state index contributed by atoms with van der Waals surface area (Å²) in [7, 11) is 0. The van der Waals surface area contributed by atoms with Crippen LogP contribution in [0.25, 0.3) is 0 Å². The molecule has 0 saturated heterocycles. The van der Waals surface area contributed by atoms with Gasteiger partial charge >= 0.3 is 11.9 Å². The first-order chi connectivity index (χ1) is 14.0. The van der Waals surface area contributed by atoms with Crippen LogP contribution in [0.15, 0.2) is 67.3 Å². The van der Waals surface area contributed by atoms with Gasteiger partial charge in [0.25, 0.3) is 0 Å². The molecular weight excluding hydrogens is 374 g/mol. The summed E-state index contributed by atoms with van der Waals surface area (Å²) in [5.41, 5.74) is 1.16.